The van der Waals surface area contributed by atoms with Crippen molar-refractivity contribution >= 4 is 5.91 Å². The highest BCUT2D eigenvalue weighted by Gasteiger charge is 2.54. The summed E-state index contributed by atoms with van der Waals surface area (Å²) in [5.41, 5.74) is -0.0513. The molecule has 2 unspecified atom stereocenters. The van der Waals surface area contributed by atoms with Gasteiger partial charge in [0, 0.05) is 24.5 Å². The molecular weight excluding hydrogens is 188 g/mol. The van der Waals surface area contributed by atoms with E-state index in [-0.39, 0.29) is 5.41 Å². The van der Waals surface area contributed by atoms with Crippen molar-refractivity contribution < 1.29 is 4.79 Å². The first-order chi connectivity index (χ1) is 7.21. The fourth-order valence-corrected chi connectivity index (χ4v) is 3.34. The van der Waals surface area contributed by atoms with Crippen LogP contribution in [0.5, 0.6) is 0 Å². The van der Waals surface area contributed by atoms with Crippen LogP contribution in [0.2, 0.25) is 0 Å². The third kappa shape index (κ3) is 1.48. The molecule has 1 saturated heterocycles. The minimum absolute atomic E-state index is 0.0513. The van der Waals surface area contributed by atoms with Crippen molar-refractivity contribution in [1.82, 2.24) is 10.6 Å². The molecule has 3 aliphatic rings. The molecule has 3 nitrogen and oxygen atoms in total. The summed E-state index contributed by atoms with van der Waals surface area (Å²) in [7, 11) is 0. The molecule has 0 aromatic heterocycles. The second-order valence-corrected chi connectivity index (χ2v) is 5.75. The van der Waals surface area contributed by atoms with Gasteiger partial charge in [0.05, 0.1) is 0 Å². The number of hydrogen-bond donors (Lipinski definition) is 2. The van der Waals surface area contributed by atoms with E-state index in [9.17, 15) is 4.79 Å². The Morgan fingerprint density at radius 3 is 2.47 bits per heavy atom. The highest BCUT2D eigenvalue weighted by Crippen LogP contribution is 2.44. The van der Waals surface area contributed by atoms with Gasteiger partial charge in [-0.15, -0.1) is 0 Å². The van der Waals surface area contributed by atoms with E-state index in [4.69, 9.17) is 0 Å². The minimum Gasteiger partial charge on any atom is -0.352 e. The van der Waals surface area contributed by atoms with E-state index in [1.165, 1.54) is 12.8 Å². The zero-order chi connectivity index (χ0) is 10.5. The zero-order valence-electron chi connectivity index (χ0n) is 9.38. The molecule has 0 radical (unpaired) electrons. The third-order valence-corrected chi connectivity index (χ3v) is 4.64. The first kappa shape index (κ1) is 9.64. The fraction of sp³-hybridized carbons (Fsp3) is 0.917. The highest BCUT2D eigenvalue weighted by atomic mass is 16.2. The molecular formula is C12H20N2O. The van der Waals surface area contributed by atoms with E-state index in [0.717, 1.165) is 37.8 Å². The van der Waals surface area contributed by atoms with Crippen LogP contribution in [0.25, 0.3) is 0 Å². The average Bonchev–Trinajstić information content (AvgIpc) is 2.66. The SMILES string of the molecule is CC1(C(=O)NC2C3CNCC32)CCCC1. The molecule has 0 aromatic rings. The van der Waals surface area contributed by atoms with E-state index < -0.39 is 0 Å². The van der Waals surface area contributed by atoms with E-state index in [0.29, 0.717) is 11.9 Å². The van der Waals surface area contributed by atoms with Crippen LogP contribution in [0.1, 0.15) is 32.6 Å². The summed E-state index contributed by atoms with van der Waals surface area (Å²) in [6.45, 7) is 4.34. The van der Waals surface area contributed by atoms with Crippen LogP contribution < -0.4 is 10.6 Å². The lowest BCUT2D eigenvalue weighted by molar-refractivity contribution is -0.130. The number of piperidine rings is 1. The Labute approximate surface area is 91.0 Å². The Bertz CT molecular complexity index is 273. The normalized spacial score (nSPS) is 41.3. The van der Waals surface area contributed by atoms with E-state index >= 15 is 0 Å². The third-order valence-electron chi connectivity index (χ3n) is 4.64. The number of carbonyl (C=O) groups is 1. The number of nitrogens with one attached hydrogen (secondary N) is 2. The Kier molecular flexibility index (Phi) is 2.06. The molecule has 0 bridgehead atoms. The Morgan fingerprint density at radius 2 is 1.87 bits per heavy atom. The summed E-state index contributed by atoms with van der Waals surface area (Å²) in [6, 6.07) is 0.496. The molecule has 84 valence electrons. The molecule has 2 N–H and O–H groups in total. The van der Waals surface area contributed by atoms with Crippen molar-refractivity contribution in [3.63, 3.8) is 0 Å². The standard InChI is InChI=1S/C12H20N2O/c1-12(4-2-3-5-12)11(15)14-10-8-6-13-7-9(8)10/h8-10,13H,2-7H2,1H3,(H,14,15). The second kappa shape index (κ2) is 3.21. The minimum atomic E-state index is -0.0513. The molecule has 3 heteroatoms. The number of rotatable bonds is 2. The van der Waals surface area contributed by atoms with E-state index in [2.05, 4.69) is 17.6 Å². The maximum absolute atomic E-state index is 12.1. The molecule has 1 amide bonds. The highest BCUT2D eigenvalue weighted by molar-refractivity contribution is 5.83. The summed E-state index contributed by atoms with van der Waals surface area (Å²) in [5, 5.41) is 6.61. The molecule has 3 rings (SSSR count). The van der Waals surface area contributed by atoms with Gasteiger partial charge in [-0.3, -0.25) is 4.79 Å². The van der Waals surface area contributed by atoms with E-state index in [1.807, 2.05) is 0 Å². The summed E-state index contributed by atoms with van der Waals surface area (Å²) in [5.74, 6) is 1.79. The lowest BCUT2D eigenvalue weighted by Crippen LogP contribution is -2.41. The smallest absolute Gasteiger partial charge is 0.226 e. The topological polar surface area (TPSA) is 41.1 Å². The molecule has 2 atom stereocenters. The molecule has 1 heterocycles. The van der Waals surface area contributed by atoms with Crippen LogP contribution >= 0.6 is 0 Å². The summed E-state index contributed by atoms with van der Waals surface area (Å²) in [4.78, 5) is 12.1. The fourth-order valence-electron chi connectivity index (χ4n) is 3.34. The molecule has 0 aromatic carbocycles. The van der Waals surface area contributed by atoms with Crippen molar-refractivity contribution in [3.8, 4) is 0 Å². The van der Waals surface area contributed by atoms with Gasteiger partial charge in [0.1, 0.15) is 0 Å². The number of hydrogen-bond acceptors (Lipinski definition) is 2. The van der Waals surface area contributed by atoms with Gasteiger partial charge in [-0.2, -0.15) is 0 Å². The van der Waals surface area contributed by atoms with Crippen LogP contribution in [-0.2, 0) is 4.79 Å². The number of amides is 1. The Balaban J connectivity index is 1.57. The predicted octanol–water partition coefficient (Wildman–Crippen LogP) is 0.901. The quantitative estimate of drug-likeness (QED) is 0.708. The molecule has 2 saturated carbocycles. The maximum atomic E-state index is 12.1. The van der Waals surface area contributed by atoms with Crippen LogP contribution in [0, 0.1) is 17.3 Å². The van der Waals surface area contributed by atoms with Crippen molar-refractivity contribution in [2.75, 3.05) is 13.1 Å². The first-order valence-electron chi connectivity index (χ1n) is 6.22. The lowest BCUT2D eigenvalue weighted by atomic mass is 9.88. The number of carbonyl (C=O) groups excluding carboxylic acids is 1. The van der Waals surface area contributed by atoms with Gasteiger partial charge in [-0.1, -0.05) is 19.8 Å². The molecule has 1 aliphatic heterocycles. The van der Waals surface area contributed by atoms with Gasteiger partial charge >= 0.3 is 0 Å². The molecule has 0 spiro atoms. The van der Waals surface area contributed by atoms with Crippen molar-refractivity contribution in [1.29, 1.82) is 0 Å². The molecule has 15 heavy (non-hydrogen) atoms. The second-order valence-electron chi connectivity index (χ2n) is 5.75. The lowest BCUT2D eigenvalue weighted by Gasteiger charge is -2.23. The van der Waals surface area contributed by atoms with Gasteiger partial charge in [0.25, 0.3) is 0 Å². The predicted molar refractivity (Wildman–Crippen MR) is 58.4 cm³/mol. The molecule has 3 fully saturated rings. The van der Waals surface area contributed by atoms with Gasteiger partial charge < -0.3 is 10.6 Å². The van der Waals surface area contributed by atoms with E-state index in [1.54, 1.807) is 0 Å². The monoisotopic (exact) mass is 208 g/mol. The molecule has 2 aliphatic carbocycles. The number of fused-ring (bicyclic) bond motifs is 1. The maximum Gasteiger partial charge on any atom is 0.226 e. The summed E-state index contributed by atoms with van der Waals surface area (Å²) >= 11 is 0. The Morgan fingerprint density at radius 1 is 1.27 bits per heavy atom. The largest absolute Gasteiger partial charge is 0.352 e. The van der Waals surface area contributed by atoms with Gasteiger partial charge in [0.15, 0.2) is 0 Å². The van der Waals surface area contributed by atoms with Gasteiger partial charge in [-0.05, 0) is 24.7 Å². The Hall–Kier alpha value is -0.570. The summed E-state index contributed by atoms with van der Waals surface area (Å²) < 4.78 is 0. The van der Waals surface area contributed by atoms with Crippen LogP contribution in [0.4, 0.5) is 0 Å². The average molecular weight is 208 g/mol. The van der Waals surface area contributed by atoms with Crippen molar-refractivity contribution in [2.45, 2.75) is 38.6 Å². The van der Waals surface area contributed by atoms with Crippen molar-refractivity contribution in [2.24, 2.45) is 17.3 Å². The van der Waals surface area contributed by atoms with Crippen LogP contribution in [0.3, 0.4) is 0 Å². The van der Waals surface area contributed by atoms with Crippen LogP contribution in [0.15, 0.2) is 0 Å². The van der Waals surface area contributed by atoms with Gasteiger partial charge in [0.2, 0.25) is 5.91 Å². The van der Waals surface area contributed by atoms with Crippen LogP contribution in [-0.4, -0.2) is 25.0 Å². The zero-order valence-corrected chi connectivity index (χ0v) is 9.38. The van der Waals surface area contributed by atoms with Crippen molar-refractivity contribution in [3.05, 3.63) is 0 Å². The summed E-state index contributed by atoms with van der Waals surface area (Å²) in [6.07, 6.45) is 4.62. The van der Waals surface area contributed by atoms with Gasteiger partial charge in [-0.25, -0.2) is 0 Å². The first-order valence-corrected chi connectivity index (χ1v) is 6.22.